The average molecular weight is 649 g/mol. The quantitative estimate of drug-likeness (QED) is 0.120. The zero-order valence-corrected chi connectivity index (χ0v) is 25.9. The Bertz CT molecular complexity index is 1750. The fraction of sp³-hybridized carbons (Fsp3) is 0.276. The number of methoxy groups -OCH3 is 1. The van der Waals surface area contributed by atoms with E-state index in [1.165, 1.54) is 42.9 Å². The predicted molar refractivity (Wildman–Crippen MR) is 163 cm³/mol. The smallest absolute Gasteiger partial charge is 0.267 e. The van der Waals surface area contributed by atoms with Crippen molar-refractivity contribution in [3.05, 3.63) is 83.1 Å². The van der Waals surface area contributed by atoms with E-state index in [1.54, 1.807) is 6.07 Å². The van der Waals surface area contributed by atoms with Gasteiger partial charge in [-0.05, 0) is 30.3 Å². The third-order valence-electron chi connectivity index (χ3n) is 6.05. The van der Waals surface area contributed by atoms with Gasteiger partial charge in [0, 0.05) is 36.3 Å². The third kappa shape index (κ3) is 7.46. The molecule has 0 spiro atoms. The van der Waals surface area contributed by atoms with Crippen LogP contribution in [0.5, 0.6) is 0 Å². The lowest BCUT2D eigenvalue weighted by molar-refractivity contribution is 0.252. The van der Waals surface area contributed by atoms with Gasteiger partial charge in [-0.1, -0.05) is 32.9 Å². The van der Waals surface area contributed by atoms with E-state index < -0.39 is 43.5 Å². The Hall–Kier alpha value is -4.21. The van der Waals surface area contributed by atoms with Gasteiger partial charge in [0.25, 0.3) is 10.0 Å². The number of thiazole rings is 1. The summed E-state index contributed by atoms with van der Waals surface area (Å²) in [6, 6.07) is 8.26. The molecule has 0 atom stereocenters. The summed E-state index contributed by atoms with van der Waals surface area (Å²) in [4.78, 5) is 12.8. The summed E-state index contributed by atoms with van der Waals surface area (Å²) in [5.41, 5.74) is -0.321. The topological polar surface area (TPSA) is 138 Å². The minimum atomic E-state index is -4.82. The summed E-state index contributed by atoms with van der Waals surface area (Å²) in [5, 5.41) is 15.8. The van der Waals surface area contributed by atoms with Gasteiger partial charge in [-0.15, -0.1) is 11.3 Å². The molecule has 0 bridgehead atoms. The van der Waals surface area contributed by atoms with E-state index in [9.17, 15) is 17.2 Å². The maximum absolute atomic E-state index is 16.0. The number of nitrogens with one attached hydrogen (secondary N) is 3. The Morgan fingerprint density at radius 3 is 2.41 bits per heavy atom. The number of benzene rings is 2. The minimum absolute atomic E-state index is 0.0407. The number of aromatic nitrogens is 3. The van der Waals surface area contributed by atoms with Crippen molar-refractivity contribution >= 4 is 33.0 Å². The zero-order valence-electron chi connectivity index (χ0n) is 24.3. The first kappa shape index (κ1) is 32.7. The number of nitrogens with zero attached hydrogens (tertiary/aromatic N) is 3. The molecule has 44 heavy (non-hydrogen) atoms. The Labute approximate surface area is 257 Å². The maximum Gasteiger partial charge on any atom is 0.267 e. The van der Waals surface area contributed by atoms with Crippen LogP contribution in [0.25, 0.3) is 21.8 Å². The first-order valence-electron chi connectivity index (χ1n) is 13.3. The van der Waals surface area contributed by atoms with Crippen molar-refractivity contribution in [1.82, 2.24) is 20.3 Å². The number of sulfonamides is 1. The first-order valence-corrected chi connectivity index (χ1v) is 15.6. The fourth-order valence-electron chi connectivity index (χ4n) is 3.97. The van der Waals surface area contributed by atoms with Crippen LogP contribution >= 0.6 is 11.3 Å². The number of ether oxygens (including phenoxy) is 1. The van der Waals surface area contributed by atoms with E-state index in [0.717, 1.165) is 24.3 Å². The number of hydrogen-bond donors (Lipinski definition) is 4. The van der Waals surface area contributed by atoms with Crippen molar-refractivity contribution in [2.75, 3.05) is 36.8 Å². The molecule has 0 aliphatic heterocycles. The molecule has 4 aromatic rings. The van der Waals surface area contributed by atoms with Gasteiger partial charge >= 0.3 is 0 Å². The van der Waals surface area contributed by atoms with E-state index in [1.807, 2.05) is 25.5 Å². The monoisotopic (exact) mass is 648 g/mol. The minimum Gasteiger partial charge on any atom is -0.483 e. The van der Waals surface area contributed by atoms with Crippen molar-refractivity contribution in [3.8, 4) is 21.8 Å². The van der Waals surface area contributed by atoms with Gasteiger partial charge in [0.2, 0.25) is 5.95 Å². The van der Waals surface area contributed by atoms with Crippen molar-refractivity contribution in [3.63, 3.8) is 0 Å². The number of rotatable bonds is 12. The van der Waals surface area contributed by atoms with Gasteiger partial charge in [-0.25, -0.2) is 36.5 Å². The van der Waals surface area contributed by atoms with Crippen LogP contribution in [0.15, 0.2) is 65.5 Å². The molecule has 0 aliphatic carbocycles. The van der Waals surface area contributed by atoms with E-state index in [2.05, 4.69) is 20.6 Å². The van der Waals surface area contributed by atoms with Crippen molar-refractivity contribution in [2.45, 2.75) is 31.1 Å². The van der Waals surface area contributed by atoms with Gasteiger partial charge in [0.05, 0.1) is 40.7 Å². The van der Waals surface area contributed by atoms with Gasteiger partial charge in [-0.2, -0.15) is 0 Å². The van der Waals surface area contributed by atoms with Crippen LogP contribution in [0.2, 0.25) is 0 Å². The number of aliphatic hydroxyl groups is 1. The summed E-state index contributed by atoms with van der Waals surface area (Å²) >= 11 is 1.30. The lowest BCUT2D eigenvalue weighted by atomic mass is 9.98. The number of aliphatic hydroxyl groups excluding tert-OH is 1. The molecule has 0 saturated heterocycles. The average Bonchev–Trinajstić information content (AvgIpc) is 3.42. The highest BCUT2D eigenvalue weighted by atomic mass is 32.2. The molecule has 2 aromatic heterocycles. The largest absolute Gasteiger partial charge is 0.483 e. The van der Waals surface area contributed by atoms with E-state index >= 15 is 4.39 Å². The van der Waals surface area contributed by atoms with Crippen LogP contribution in [0.1, 0.15) is 25.8 Å². The summed E-state index contributed by atoms with van der Waals surface area (Å²) < 4.78 is 77.4. The molecule has 10 nitrogen and oxygen atoms in total. The lowest BCUT2D eigenvalue weighted by Gasteiger charge is -2.14. The molecular formula is C29H31F3N6O4S2. The molecule has 234 valence electrons. The third-order valence-corrected chi connectivity index (χ3v) is 8.97. The Morgan fingerprint density at radius 1 is 1.05 bits per heavy atom. The van der Waals surface area contributed by atoms with Gasteiger partial charge in [-0.3, -0.25) is 4.72 Å². The van der Waals surface area contributed by atoms with Crippen LogP contribution in [0, 0.1) is 17.5 Å². The zero-order chi connectivity index (χ0) is 32.1. The Balaban J connectivity index is 1.69. The highest BCUT2D eigenvalue weighted by Gasteiger charge is 2.28. The summed E-state index contributed by atoms with van der Waals surface area (Å²) in [5.74, 6) is -2.90. The maximum atomic E-state index is 16.0. The van der Waals surface area contributed by atoms with Gasteiger partial charge in [0.15, 0.2) is 16.6 Å². The number of anilines is 2. The second kappa shape index (κ2) is 13.6. The van der Waals surface area contributed by atoms with Crippen LogP contribution in [0.3, 0.4) is 0 Å². The van der Waals surface area contributed by atoms with Crippen molar-refractivity contribution in [2.24, 2.45) is 0 Å². The first-order chi connectivity index (χ1) is 20.9. The second-order valence-electron chi connectivity index (χ2n) is 10.3. The van der Waals surface area contributed by atoms with Gasteiger partial charge < -0.3 is 20.5 Å². The molecule has 0 unspecified atom stereocenters. The fourth-order valence-corrected chi connectivity index (χ4v) is 6.27. The van der Waals surface area contributed by atoms with Crippen molar-refractivity contribution in [1.29, 1.82) is 0 Å². The molecule has 4 N–H and O–H groups in total. The van der Waals surface area contributed by atoms with E-state index in [-0.39, 0.29) is 17.9 Å². The van der Waals surface area contributed by atoms with Crippen LogP contribution in [0.4, 0.5) is 24.8 Å². The number of halogens is 3. The van der Waals surface area contributed by atoms with Crippen molar-refractivity contribution < 1.29 is 31.4 Å². The molecule has 0 fully saturated rings. The molecule has 4 rings (SSSR count). The highest BCUT2D eigenvalue weighted by molar-refractivity contribution is 7.92. The standard InChI is InChI=1S/C29H31F3N6O4S2/c1-29(2,3)27-37-24(25(43-27)21-11-13-34-28(36-21)35-15-14-33-22(42-4)12-16-39)17-7-5-10-20(23(17)32)38-44(40,41)26-18(30)8-6-9-19(26)31/h5-13,33,38-39H,14-16H2,1-4H3,(H,34,35,36)/b22-12-. The van der Waals surface area contributed by atoms with Crippen LogP contribution < -0.4 is 15.4 Å². The molecule has 0 amide bonds. The SMILES string of the molecule is CO/C(=C\CO)NCCNc1nccc(-c2sc(C(C)(C)C)nc2-c2cccc(NS(=O)(=O)c3c(F)cccc3F)c2F)n1. The molecule has 2 heterocycles. The van der Waals surface area contributed by atoms with E-state index in [4.69, 9.17) is 14.8 Å². The normalized spacial score (nSPS) is 12.2. The molecule has 2 aromatic carbocycles. The molecule has 15 heteroatoms. The van der Waals surface area contributed by atoms with Crippen LogP contribution in [-0.4, -0.2) is 55.3 Å². The Kier molecular flexibility index (Phi) is 10.1. The second-order valence-corrected chi connectivity index (χ2v) is 13.0. The lowest BCUT2D eigenvalue weighted by Crippen LogP contribution is -2.23. The molecule has 0 saturated carbocycles. The predicted octanol–water partition coefficient (Wildman–Crippen LogP) is 5.26. The summed E-state index contributed by atoms with van der Waals surface area (Å²) in [7, 11) is -3.34. The Morgan fingerprint density at radius 2 is 1.75 bits per heavy atom. The molecular weight excluding hydrogens is 617 g/mol. The number of hydrogen-bond acceptors (Lipinski definition) is 10. The molecule has 0 aliphatic rings. The van der Waals surface area contributed by atoms with E-state index in [0.29, 0.717) is 40.5 Å². The van der Waals surface area contributed by atoms with Crippen LogP contribution in [-0.2, 0) is 20.2 Å². The highest BCUT2D eigenvalue weighted by Crippen LogP contribution is 2.42. The summed E-state index contributed by atoms with van der Waals surface area (Å²) in [6.45, 7) is 6.49. The van der Waals surface area contributed by atoms with Gasteiger partial charge in [0.1, 0.15) is 11.6 Å². The molecule has 0 radical (unpaired) electrons. The summed E-state index contributed by atoms with van der Waals surface area (Å²) in [6.07, 6.45) is 3.01.